The molecule has 4 heteroatoms. The molecule has 0 bridgehead atoms. The average molecular weight is 357 g/mol. The summed E-state index contributed by atoms with van der Waals surface area (Å²) in [4.78, 5) is 4.22. The third kappa shape index (κ3) is 3.65. The minimum absolute atomic E-state index is 0.585. The standard InChI is InChI=1S/C16H25BrN2S/c1-12(11-19-7-2-3-8-19)10-18-14-5-4-6-15-13(14)9-16(17)20-15/h9,12,14,18H,2-8,10-11H2,1H3. The fourth-order valence-corrected chi connectivity index (χ4v) is 5.37. The predicted octanol–water partition coefficient (Wildman–Crippen LogP) is 4.21. The molecule has 20 heavy (non-hydrogen) atoms. The molecule has 2 aliphatic rings. The predicted molar refractivity (Wildman–Crippen MR) is 90.5 cm³/mol. The minimum atomic E-state index is 0.585. The maximum Gasteiger partial charge on any atom is 0.0704 e. The quantitative estimate of drug-likeness (QED) is 0.849. The highest BCUT2D eigenvalue weighted by Gasteiger charge is 2.23. The SMILES string of the molecule is CC(CNC1CCCc2sc(Br)cc21)CN1CCCC1. The molecule has 2 nitrogen and oxygen atoms in total. The number of hydrogen-bond acceptors (Lipinski definition) is 3. The Morgan fingerprint density at radius 2 is 2.20 bits per heavy atom. The third-order valence-electron chi connectivity index (χ3n) is 4.56. The first-order valence-corrected chi connectivity index (χ1v) is 9.57. The Morgan fingerprint density at radius 1 is 1.40 bits per heavy atom. The Morgan fingerprint density at radius 3 is 3.00 bits per heavy atom. The molecule has 0 aromatic carbocycles. The molecule has 2 unspecified atom stereocenters. The molecule has 1 aromatic rings. The topological polar surface area (TPSA) is 15.3 Å². The summed E-state index contributed by atoms with van der Waals surface area (Å²) in [6, 6.07) is 2.92. The van der Waals surface area contributed by atoms with Gasteiger partial charge in [0.05, 0.1) is 3.79 Å². The Kier molecular flexibility index (Phi) is 5.18. The Hall–Kier alpha value is 0.1000. The van der Waals surface area contributed by atoms with Gasteiger partial charge in [0.15, 0.2) is 0 Å². The van der Waals surface area contributed by atoms with Crippen LogP contribution in [0.15, 0.2) is 9.85 Å². The molecule has 2 atom stereocenters. The number of hydrogen-bond donors (Lipinski definition) is 1. The lowest BCUT2D eigenvalue weighted by Crippen LogP contribution is -2.34. The summed E-state index contributed by atoms with van der Waals surface area (Å²) in [5, 5.41) is 3.82. The number of aryl methyl sites for hydroxylation is 1. The molecule has 1 aromatic heterocycles. The molecule has 3 rings (SSSR count). The van der Waals surface area contributed by atoms with E-state index in [0.29, 0.717) is 6.04 Å². The number of likely N-dealkylation sites (tertiary alicyclic amines) is 1. The van der Waals surface area contributed by atoms with Crippen molar-refractivity contribution >= 4 is 27.3 Å². The van der Waals surface area contributed by atoms with E-state index >= 15 is 0 Å². The van der Waals surface area contributed by atoms with Gasteiger partial charge in [0.2, 0.25) is 0 Å². The lowest BCUT2D eigenvalue weighted by molar-refractivity contribution is 0.275. The summed E-state index contributed by atoms with van der Waals surface area (Å²) < 4.78 is 1.29. The van der Waals surface area contributed by atoms with Crippen LogP contribution in [0, 0.1) is 5.92 Å². The van der Waals surface area contributed by atoms with Crippen molar-refractivity contribution in [1.29, 1.82) is 0 Å². The second-order valence-electron chi connectivity index (χ2n) is 6.39. The van der Waals surface area contributed by atoms with Crippen molar-refractivity contribution in [1.82, 2.24) is 10.2 Å². The zero-order chi connectivity index (χ0) is 13.9. The molecule has 1 aliphatic carbocycles. The van der Waals surface area contributed by atoms with Crippen LogP contribution in [0.3, 0.4) is 0 Å². The summed E-state index contributed by atoms with van der Waals surface area (Å²) in [5.74, 6) is 0.751. The molecule has 0 spiro atoms. The summed E-state index contributed by atoms with van der Waals surface area (Å²) in [6.45, 7) is 7.43. The molecule has 1 N–H and O–H groups in total. The van der Waals surface area contributed by atoms with Gasteiger partial charge in [-0.2, -0.15) is 0 Å². The number of rotatable bonds is 5. The van der Waals surface area contributed by atoms with E-state index in [1.165, 1.54) is 55.5 Å². The maximum absolute atomic E-state index is 3.82. The van der Waals surface area contributed by atoms with E-state index in [-0.39, 0.29) is 0 Å². The maximum atomic E-state index is 3.82. The van der Waals surface area contributed by atoms with Gasteiger partial charge < -0.3 is 10.2 Å². The Labute approximate surface area is 135 Å². The molecule has 2 heterocycles. The van der Waals surface area contributed by atoms with E-state index in [4.69, 9.17) is 0 Å². The lowest BCUT2D eigenvalue weighted by Gasteiger charge is -2.27. The lowest BCUT2D eigenvalue weighted by atomic mass is 9.93. The van der Waals surface area contributed by atoms with Gasteiger partial charge in [-0.25, -0.2) is 0 Å². The van der Waals surface area contributed by atoms with Crippen molar-refractivity contribution in [2.24, 2.45) is 5.92 Å². The molecule has 1 saturated heterocycles. The van der Waals surface area contributed by atoms with Crippen LogP contribution in [0.25, 0.3) is 0 Å². The Balaban J connectivity index is 1.51. The van der Waals surface area contributed by atoms with Gasteiger partial charge in [0, 0.05) is 17.5 Å². The summed E-state index contributed by atoms with van der Waals surface area (Å²) >= 11 is 5.57. The second kappa shape index (κ2) is 6.91. The van der Waals surface area contributed by atoms with Crippen LogP contribution in [-0.2, 0) is 6.42 Å². The van der Waals surface area contributed by atoms with Gasteiger partial charge in [0.1, 0.15) is 0 Å². The molecule has 0 saturated carbocycles. The van der Waals surface area contributed by atoms with Crippen molar-refractivity contribution in [3.8, 4) is 0 Å². The number of nitrogens with one attached hydrogen (secondary N) is 1. The van der Waals surface area contributed by atoms with E-state index in [0.717, 1.165) is 12.5 Å². The normalized spacial score (nSPS) is 24.8. The van der Waals surface area contributed by atoms with Gasteiger partial charge in [0.25, 0.3) is 0 Å². The fourth-order valence-electron chi connectivity index (χ4n) is 3.55. The van der Waals surface area contributed by atoms with Gasteiger partial charge >= 0.3 is 0 Å². The van der Waals surface area contributed by atoms with Crippen molar-refractivity contribution in [3.05, 3.63) is 20.3 Å². The van der Waals surface area contributed by atoms with E-state index in [1.807, 2.05) is 11.3 Å². The van der Waals surface area contributed by atoms with Crippen molar-refractivity contribution in [3.63, 3.8) is 0 Å². The number of fused-ring (bicyclic) bond motifs is 1. The van der Waals surface area contributed by atoms with Crippen LogP contribution < -0.4 is 5.32 Å². The molecule has 1 aliphatic heterocycles. The third-order valence-corrected chi connectivity index (χ3v) is 6.28. The van der Waals surface area contributed by atoms with Crippen LogP contribution in [0.4, 0.5) is 0 Å². The smallest absolute Gasteiger partial charge is 0.0704 e. The van der Waals surface area contributed by atoms with E-state index in [9.17, 15) is 0 Å². The summed E-state index contributed by atoms with van der Waals surface area (Å²) in [7, 11) is 0. The number of halogens is 1. The van der Waals surface area contributed by atoms with Gasteiger partial charge in [-0.15, -0.1) is 11.3 Å². The first-order chi connectivity index (χ1) is 9.72. The highest BCUT2D eigenvalue weighted by atomic mass is 79.9. The van der Waals surface area contributed by atoms with Crippen LogP contribution in [-0.4, -0.2) is 31.1 Å². The molecule has 0 radical (unpaired) electrons. The zero-order valence-electron chi connectivity index (χ0n) is 12.3. The largest absolute Gasteiger partial charge is 0.310 e. The van der Waals surface area contributed by atoms with Crippen LogP contribution in [0.1, 0.15) is 49.1 Å². The second-order valence-corrected chi connectivity index (χ2v) is 8.91. The summed E-state index contributed by atoms with van der Waals surface area (Å²) in [6.07, 6.45) is 6.70. The molecular formula is C16H25BrN2S. The first-order valence-electron chi connectivity index (χ1n) is 7.96. The Bertz CT molecular complexity index is 440. The van der Waals surface area contributed by atoms with Crippen molar-refractivity contribution < 1.29 is 0 Å². The van der Waals surface area contributed by atoms with E-state index < -0.39 is 0 Å². The summed E-state index contributed by atoms with van der Waals surface area (Å²) in [5.41, 5.74) is 1.56. The van der Waals surface area contributed by atoms with Crippen LogP contribution in [0.2, 0.25) is 0 Å². The highest BCUT2D eigenvalue weighted by molar-refractivity contribution is 9.11. The van der Waals surface area contributed by atoms with E-state index in [2.05, 4.69) is 39.1 Å². The fraction of sp³-hybridized carbons (Fsp3) is 0.750. The van der Waals surface area contributed by atoms with Crippen molar-refractivity contribution in [2.45, 2.75) is 45.1 Å². The average Bonchev–Trinajstić information content (AvgIpc) is 3.04. The van der Waals surface area contributed by atoms with Crippen LogP contribution in [0.5, 0.6) is 0 Å². The van der Waals surface area contributed by atoms with Gasteiger partial charge in [-0.05, 0) is 85.2 Å². The number of nitrogens with zero attached hydrogens (tertiary/aromatic N) is 1. The first kappa shape index (κ1) is 15.0. The zero-order valence-corrected chi connectivity index (χ0v) is 14.7. The molecule has 0 amide bonds. The van der Waals surface area contributed by atoms with E-state index in [1.54, 1.807) is 10.4 Å². The highest BCUT2D eigenvalue weighted by Crippen LogP contribution is 2.37. The number of thiophene rings is 1. The molecular weight excluding hydrogens is 332 g/mol. The van der Waals surface area contributed by atoms with Gasteiger partial charge in [-0.1, -0.05) is 6.92 Å². The monoisotopic (exact) mass is 356 g/mol. The van der Waals surface area contributed by atoms with Crippen LogP contribution >= 0.6 is 27.3 Å². The van der Waals surface area contributed by atoms with Crippen molar-refractivity contribution in [2.75, 3.05) is 26.2 Å². The molecule has 112 valence electrons. The van der Waals surface area contributed by atoms with Gasteiger partial charge in [-0.3, -0.25) is 0 Å². The molecule has 1 fully saturated rings. The minimum Gasteiger partial charge on any atom is -0.310 e.